The largest absolute Gasteiger partial charge is 0.462 e. The molecule has 0 unspecified atom stereocenters. The quantitative estimate of drug-likeness (QED) is 0.565. The first-order valence-electron chi connectivity index (χ1n) is 10.1. The molecule has 4 rings (SSSR count). The SMILES string of the molecule is C=C1CCC[C@]2(C)C[C@H]3OC(=O)[C@@H](CN4CCC[C@@H](C)C4)[C@H]3C[C@@H]12. The summed E-state index contributed by atoms with van der Waals surface area (Å²) < 4.78 is 5.90. The smallest absolute Gasteiger partial charge is 0.310 e. The van der Waals surface area contributed by atoms with Crippen LogP contribution in [0.3, 0.4) is 0 Å². The summed E-state index contributed by atoms with van der Waals surface area (Å²) >= 11 is 0. The molecule has 0 radical (unpaired) electrons. The maximum Gasteiger partial charge on any atom is 0.310 e. The van der Waals surface area contributed by atoms with Gasteiger partial charge in [-0.05, 0) is 68.7 Å². The van der Waals surface area contributed by atoms with Gasteiger partial charge in [0.25, 0.3) is 0 Å². The number of ether oxygens (including phenoxy) is 1. The Morgan fingerprint density at radius 3 is 3.00 bits per heavy atom. The summed E-state index contributed by atoms with van der Waals surface area (Å²) in [7, 11) is 0. The van der Waals surface area contributed by atoms with E-state index in [0.717, 1.165) is 38.4 Å². The Kier molecular flexibility index (Phi) is 4.27. The number of hydrogen-bond donors (Lipinski definition) is 0. The van der Waals surface area contributed by atoms with Crippen LogP contribution in [0.1, 0.15) is 58.8 Å². The van der Waals surface area contributed by atoms with Crippen LogP contribution >= 0.6 is 0 Å². The van der Waals surface area contributed by atoms with Gasteiger partial charge in [-0.25, -0.2) is 0 Å². The van der Waals surface area contributed by atoms with E-state index in [1.165, 1.54) is 37.7 Å². The fraction of sp³-hybridized carbons (Fsp3) is 0.857. The fourth-order valence-electron chi connectivity index (χ4n) is 6.20. The lowest BCUT2D eigenvalue weighted by Gasteiger charge is -2.50. The highest BCUT2D eigenvalue weighted by molar-refractivity contribution is 5.75. The number of likely N-dealkylation sites (tertiary alicyclic amines) is 1. The summed E-state index contributed by atoms with van der Waals surface area (Å²) in [5.41, 5.74) is 1.75. The van der Waals surface area contributed by atoms with Gasteiger partial charge in [0.05, 0.1) is 5.92 Å². The van der Waals surface area contributed by atoms with Gasteiger partial charge in [-0.3, -0.25) is 4.79 Å². The molecule has 2 heterocycles. The van der Waals surface area contributed by atoms with Crippen molar-refractivity contribution in [1.29, 1.82) is 0 Å². The Labute approximate surface area is 146 Å². The average molecular weight is 332 g/mol. The number of nitrogens with zero attached hydrogens (tertiary/aromatic N) is 1. The number of esters is 1. The van der Waals surface area contributed by atoms with Crippen LogP contribution in [0.15, 0.2) is 12.2 Å². The number of fused-ring (bicyclic) bond motifs is 2. The summed E-state index contributed by atoms with van der Waals surface area (Å²) in [5, 5.41) is 0. The topological polar surface area (TPSA) is 29.5 Å². The van der Waals surface area contributed by atoms with Crippen molar-refractivity contribution >= 4 is 5.97 Å². The summed E-state index contributed by atoms with van der Waals surface area (Å²) in [6.45, 7) is 12.4. The van der Waals surface area contributed by atoms with Crippen LogP contribution in [0.25, 0.3) is 0 Å². The molecule has 134 valence electrons. The van der Waals surface area contributed by atoms with Crippen LogP contribution in [0, 0.1) is 29.1 Å². The van der Waals surface area contributed by atoms with Gasteiger partial charge in [0.1, 0.15) is 6.10 Å². The molecule has 0 amide bonds. The zero-order chi connectivity index (χ0) is 16.9. The van der Waals surface area contributed by atoms with Crippen molar-refractivity contribution in [3.8, 4) is 0 Å². The van der Waals surface area contributed by atoms with Gasteiger partial charge >= 0.3 is 5.97 Å². The number of piperidine rings is 1. The predicted molar refractivity (Wildman–Crippen MR) is 95.5 cm³/mol. The minimum Gasteiger partial charge on any atom is -0.462 e. The molecule has 24 heavy (non-hydrogen) atoms. The molecule has 3 nitrogen and oxygen atoms in total. The molecule has 3 heteroatoms. The van der Waals surface area contributed by atoms with E-state index >= 15 is 0 Å². The Morgan fingerprint density at radius 1 is 1.38 bits per heavy atom. The van der Waals surface area contributed by atoms with Crippen molar-refractivity contribution in [3.63, 3.8) is 0 Å². The number of carbonyl (C=O) groups excluding carboxylic acids is 1. The Bertz CT molecular complexity index is 530. The normalized spacial score (nSPS) is 46.3. The second-order valence-electron chi connectivity index (χ2n) is 9.41. The molecule has 0 aromatic rings. The zero-order valence-corrected chi connectivity index (χ0v) is 15.4. The lowest BCUT2D eigenvalue weighted by Crippen LogP contribution is -2.46. The maximum atomic E-state index is 12.6. The first-order valence-corrected chi connectivity index (χ1v) is 10.1. The molecule has 0 aromatic heterocycles. The molecule has 0 bridgehead atoms. The third-order valence-electron chi connectivity index (χ3n) is 7.52. The first-order chi connectivity index (χ1) is 11.5. The van der Waals surface area contributed by atoms with Crippen LogP contribution in [0.5, 0.6) is 0 Å². The van der Waals surface area contributed by atoms with E-state index in [2.05, 4.69) is 25.3 Å². The molecule has 2 saturated heterocycles. The third kappa shape index (κ3) is 2.83. The minimum absolute atomic E-state index is 0.0797. The Morgan fingerprint density at radius 2 is 2.21 bits per heavy atom. The zero-order valence-electron chi connectivity index (χ0n) is 15.4. The van der Waals surface area contributed by atoms with E-state index in [1.54, 1.807) is 0 Å². The van der Waals surface area contributed by atoms with Gasteiger partial charge in [-0.1, -0.05) is 26.0 Å². The summed E-state index contributed by atoms with van der Waals surface area (Å²) in [6.07, 6.45) is 8.65. The molecule has 2 aliphatic heterocycles. The summed E-state index contributed by atoms with van der Waals surface area (Å²) in [4.78, 5) is 15.1. The van der Waals surface area contributed by atoms with Gasteiger partial charge in [0.2, 0.25) is 0 Å². The van der Waals surface area contributed by atoms with Gasteiger partial charge in [0, 0.05) is 19.0 Å². The molecule has 2 aliphatic carbocycles. The van der Waals surface area contributed by atoms with E-state index in [0.29, 0.717) is 17.3 Å². The lowest BCUT2D eigenvalue weighted by atomic mass is 9.55. The highest BCUT2D eigenvalue weighted by Gasteiger charge is 2.55. The van der Waals surface area contributed by atoms with Gasteiger partial charge in [-0.2, -0.15) is 0 Å². The molecule has 4 fully saturated rings. The average Bonchev–Trinajstić information content (AvgIpc) is 2.80. The van der Waals surface area contributed by atoms with E-state index < -0.39 is 0 Å². The number of carbonyl (C=O) groups is 1. The molecule has 0 aromatic carbocycles. The molecular formula is C21H33NO2. The molecule has 0 spiro atoms. The van der Waals surface area contributed by atoms with Crippen molar-refractivity contribution in [1.82, 2.24) is 4.90 Å². The molecule has 0 N–H and O–H groups in total. The molecule has 4 aliphatic rings. The summed E-state index contributed by atoms with van der Waals surface area (Å²) in [6, 6.07) is 0. The van der Waals surface area contributed by atoms with E-state index in [4.69, 9.17) is 4.74 Å². The first kappa shape index (κ1) is 16.6. The van der Waals surface area contributed by atoms with Crippen molar-refractivity contribution in [2.45, 2.75) is 64.9 Å². The number of allylic oxidation sites excluding steroid dienone is 1. The predicted octanol–water partition coefficient (Wildman–Crippen LogP) is 4.03. The van der Waals surface area contributed by atoms with Crippen LogP contribution in [-0.2, 0) is 9.53 Å². The standard InChI is InChI=1S/C21H33NO2/c1-14-6-5-9-22(12-14)13-17-16-10-18-15(2)7-4-8-21(18,3)11-19(16)24-20(17)23/h14,16-19H,2,4-13H2,1,3H3/t14-,16-,17+,18+,19-,21-/m1/s1. The fourth-order valence-corrected chi connectivity index (χ4v) is 6.20. The van der Waals surface area contributed by atoms with E-state index in [1.807, 2.05) is 0 Å². The van der Waals surface area contributed by atoms with Crippen LogP contribution in [-0.4, -0.2) is 36.6 Å². The Balaban J connectivity index is 1.49. The second-order valence-corrected chi connectivity index (χ2v) is 9.41. The highest BCUT2D eigenvalue weighted by atomic mass is 16.6. The summed E-state index contributed by atoms with van der Waals surface area (Å²) in [5.74, 6) is 1.96. The van der Waals surface area contributed by atoms with Gasteiger partial charge in [0.15, 0.2) is 0 Å². The molecular weight excluding hydrogens is 298 g/mol. The maximum absolute atomic E-state index is 12.6. The number of rotatable bonds is 2. The molecule has 6 atom stereocenters. The van der Waals surface area contributed by atoms with Crippen LogP contribution < -0.4 is 0 Å². The monoisotopic (exact) mass is 331 g/mol. The second kappa shape index (κ2) is 6.16. The molecule has 2 saturated carbocycles. The van der Waals surface area contributed by atoms with Crippen molar-refractivity contribution < 1.29 is 9.53 Å². The van der Waals surface area contributed by atoms with Gasteiger partial charge in [-0.15, -0.1) is 0 Å². The van der Waals surface area contributed by atoms with Crippen molar-refractivity contribution in [3.05, 3.63) is 12.2 Å². The van der Waals surface area contributed by atoms with E-state index in [9.17, 15) is 4.79 Å². The van der Waals surface area contributed by atoms with Crippen LogP contribution in [0.4, 0.5) is 0 Å². The lowest BCUT2D eigenvalue weighted by molar-refractivity contribution is -0.146. The van der Waals surface area contributed by atoms with Crippen molar-refractivity contribution in [2.24, 2.45) is 29.1 Å². The highest BCUT2D eigenvalue weighted by Crippen LogP contribution is 2.56. The van der Waals surface area contributed by atoms with Gasteiger partial charge < -0.3 is 9.64 Å². The van der Waals surface area contributed by atoms with E-state index in [-0.39, 0.29) is 18.0 Å². The minimum atomic E-state index is 0.0797. The van der Waals surface area contributed by atoms with Crippen molar-refractivity contribution in [2.75, 3.05) is 19.6 Å². The van der Waals surface area contributed by atoms with Crippen LogP contribution in [0.2, 0.25) is 0 Å². The Hall–Kier alpha value is -0.830. The number of hydrogen-bond acceptors (Lipinski definition) is 3. The third-order valence-corrected chi connectivity index (χ3v) is 7.52.